The third-order valence-corrected chi connectivity index (χ3v) is 3.23. The lowest BCUT2D eigenvalue weighted by atomic mass is 10.2. The lowest BCUT2D eigenvalue weighted by molar-refractivity contribution is -0.132. The highest BCUT2D eigenvalue weighted by Crippen LogP contribution is 2.19. The summed E-state index contributed by atoms with van der Waals surface area (Å²) in [6.07, 6.45) is 2.96. The molecule has 0 aromatic rings. The number of hydrogen-bond donors (Lipinski definition) is 1. The van der Waals surface area contributed by atoms with Gasteiger partial charge in [-0.15, -0.1) is 0 Å². The number of azide groups is 1. The molecule has 18 heavy (non-hydrogen) atoms. The molecule has 1 unspecified atom stereocenters. The SMILES string of the molecule is [N-]=[N+]=NCCCN1CCOCC1C(=O)NC1CC1. The fraction of sp³-hybridized carbons (Fsp3) is 0.909. The number of rotatable bonds is 6. The monoisotopic (exact) mass is 253 g/mol. The number of nitrogens with zero attached hydrogens (tertiary/aromatic N) is 4. The molecule has 1 heterocycles. The average Bonchev–Trinajstić information content (AvgIpc) is 3.19. The molecule has 1 amide bonds. The summed E-state index contributed by atoms with van der Waals surface area (Å²) in [7, 11) is 0. The van der Waals surface area contributed by atoms with E-state index >= 15 is 0 Å². The highest BCUT2D eigenvalue weighted by molar-refractivity contribution is 5.82. The average molecular weight is 253 g/mol. The van der Waals surface area contributed by atoms with E-state index in [1.807, 2.05) is 0 Å². The highest BCUT2D eigenvalue weighted by atomic mass is 16.5. The molecule has 0 radical (unpaired) electrons. The molecule has 1 atom stereocenters. The molecule has 7 nitrogen and oxygen atoms in total. The smallest absolute Gasteiger partial charge is 0.239 e. The van der Waals surface area contributed by atoms with Gasteiger partial charge in [0.1, 0.15) is 6.04 Å². The van der Waals surface area contributed by atoms with Gasteiger partial charge in [0.05, 0.1) is 13.2 Å². The number of hydrogen-bond acceptors (Lipinski definition) is 4. The van der Waals surface area contributed by atoms with E-state index < -0.39 is 0 Å². The fourth-order valence-electron chi connectivity index (χ4n) is 2.06. The Morgan fingerprint density at radius 2 is 2.39 bits per heavy atom. The molecule has 100 valence electrons. The van der Waals surface area contributed by atoms with E-state index in [1.54, 1.807) is 0 Å². The molecule has 2 aliphatic rings. The van der Waals surface area contributed by atoms with Crippen LogP contribution in [0.1, 0.15) is 19.3 Å². The van der Waals surface area contributed by atoms with E-state index in [4.69, 9.17) is 10.3 Å². The van der Waals surface area contributed by atoms with Crippen LogP contribution in [0.5, 0.6) is 0 Å². The molecule has 0 bridgehead atoms. The van der Waals surface area contributed by atoms with E-state index in [0.29, 0.717) is 25.8 Å². The van der Waals surface area contributed by atoms with Gasteiger partial charge in [-0.05, 0) is 31.3 Å². The summed E-state index contributed by atoms with van der Waals surface area (Å²) in [6, 6.07) is 0.190. The number of ether oxygens (including phenoxy) is 1. The number of nitrogens with one attached hydrogen (secondary N) is 1. The second-order valence-corrected chi connectivity index (χ2v) is 4.72. The summed E-state index contributed by atoms with van der Waals surface area (Å²) in [5.41, 5.74) is 8.21. The Kier molecular flexibility index (Phi) is 4.81. The van der Waals surface area contributed by atoms with Crippen LogP contribution in [0.25, 0.3) is 10.4 Å². The lowest BCUT2D eigenvalue weighted by Crippen LogP contribution is -2.54. The van der Waals surface area contributed by atoms with E-state index in [1.165, 1.54) is 0 Å². The maximum absolute atomic E-state index is 12.0. The van der Waals surface area contributed by atoms with Gasteiger partial charge in [0.25, 0.3) is 0 Å². The van der Waals surface area contributed by atoms with Crippen LogP contribution < -0.4 is 5.32 Å². The molecule has 0 aromatic heterocycles. The fourth-order valence-corrected chi connectivity index (χ4v) is 2.06. The Morgan fingerprint density at radius 3 is 3.11 bits per heavy atom. The summed E-state index contributed by atoms with van der Waals surface area (Å²) in [6.45, 7) is 3.13. The van der Waals surface area contributed by atoms with Crippen molar-refractivity contribution in [1.29, 1.82) is 0 Å². The molecule has 1 saturated carbocycles. The molecule has 1 aliphatic heterocycles. The standard InChI is InChI=1S/C11H19N5O2/c12-15-13-4-1-5-16-6-7-18-8-10(16)11(17)14-9-2-3-9/h9-10H,1-8H2,(H,14,17). The van der Waals surface area contributed by atoms with Crippen molar-refractivity contribution in [1.82, 2.24) is 10.2 Å². The summed E-state index contributed by atoms with van der Waals surface area (Å²) in [5, 5.41) is 6.52. The first-order valence-corrected chi connectivity index (χ1v) is 6.44. The van der Waals surface area contributed by atoms with E-state index in [-0.39, 0.29) is 11.9 Å². The minimum atomic E-state index is -0.189. The van der Waals surface area contributed by atoms with Gasteiger partial charge < -0.3 is 10.1 Å². The number of amides is 1. The number of carbonyl (C=O) groups excluding carboxylic acids is 1. The van der Waals surface area contributed by atoms with Gasteiger partial charge >= 0.3 is 0 Å². The lowest BCUT2D eigenvalue weighted by Gasteiger charge is -2.34. The Labute approximate surface area is 106 Å². The van der Waals surface area contributed by atoms with Crippen molar-refractivity contribution in [3.8, 4) is 0 Å². The van der Waals surface area contributed by atoms with Crippen molar-refractivity contribution in [3.63, 3.8) is 0 Å². The number of morpholine rings is 1. The molecular formula is C11H19N5O2. The van der Waals surface area contributed by atoms with Crippen molar-refractivity contribution in [2.24, 2.45) is 5.11 Å². The van der Waals surface area contributed by atoms with Crippen LogP contribution in [0.3, 0.4) is 0 Å². The molecule has 0 spiro atoms. The zero-order chi connectivity index (χ0) is 12.8. The van der Waals surface area contributed by atoms with Gasteiger partial charge in [0.2, 0.25) is 5.91 Å². The zero-order valence-electron chi connectivity index (χ0n) is 10.4. The molecule has 1 N–H and O–H groups in total. The van der Waals surface area contributed by atoms with Crippen LogP contribution in [0, 0.1) is 0 Å². The van der Waals surface area contributed by atoms with Crippen LogP contribution in [0.15, 0.2) is 5.11 Å². The van der Waals surface area contributed by atoms with Gasteiger partial charge in [-0.3, -0.25) is 9.69 Å². The summed E-state index contributed by atoms with van der Waals surface area (Å²) in [4.78, 5) is 16.9. The number of carbonyl (C=O) groups is 1. The molecule has 1 aliphatic carbocycles. The summed E-state index contributed by atoms with van der Waals surface area (Å²) in [5.74, 6) is 0.0704. The van der Waals surface area contributed by atoms with Crippen molar-refractivity contribution >= 4 is 5.91 Å². The Balaban J connectivity index is 1.79. The molecule has 0 aromatic carbocycles. The quantitative estimate of drug-likeness (QED) is 0.326. The molecular weight excluding hydrogens is 234 g/mol. The Morgan fingerprint density at radius 1 is 1.56 bits per heavy atom. The van der Waals surface area contributed by atoms with Gasteiger partial charge in [-0.2, -0.15) is 0 Å². The second kappa shape index (κ2) is 6.58. The van der Waals surface area contributed by atoms with Gasteiger partial charge in [-0.1, -0.05) is 5.11 Å². The van der Waals surface area contributed by atoms with Crippen molar-refractivity contribution in [3.05, 3.63) is 10.4 Å². The first kappa shape index (κ1) is 13.1. The van der Waals surface area contributed by atoms with E-state index in [2.05, 4.69) is 20.2 Å². The zero-order valence-corrected chi connectivity index (χ0v) is 10.4. The van der Waals surface area contributed by atoms with Gasteiger partial charge in [0.15, 0.2) is 0 Å². The largest absolute Gasteiger partial charge is 0.378 e. The van der Waals surface area contributed by atoms with Gasteiger partial charge in [-0.25, -0.2) is 0 Å². The molecule has 1 saturated heterocycles. The third kappa shape index (κ3) is 3.87. The minimum absolute atomic E-state index is 0.0704. The van der Waals surface area contributed by atoms with Crippen LogP contribution in [-0.2, 0) is 9.53 Å². The summed E-state index contributed by atoms with van der Waals surface area (Å²) < 4.78 is 5.38. The topological polar surface area (TPSA) is 90.3 Å². The first-order chi connectivity index (χ1) is 8.81. The molecule has 7 heteroatoms. The maximum atomic E-state index is 12.0. The normalized spacial score (nSPS) is 24.3. The minimum Gasteiger partial charge on any atom is -0.378 e. The predicted octanol–water partition coefficient (Wildman–Crippen LogP) is 0.666. The highest BCUT2D eigenvalue weighted by Gasteiger charge is 2.32. The Bertz CT molecular complexity index is 338. The van der Waals surface area contributed by atoms with Crippen LogP contribution in [0.2, 0.25) is 0 Å². The third-order valence-electron chi connectivity index (χ3n) is 3.23. The second-order valence-electron chi connectivity index (χ2n) is 4.72. The van der Waals surface area contributed by atoms with E-state index in [9.17, 15) is 4.79 Å². The van der Waals surface area contributed by atoms with Crippen molar-refractivity contribution in [2.45, 2.75) is 31.3 Å². The van der Waals surface area contributed by atoms with E-state index in [0.717, 1.165) is 32.4 Å². The first-order valence-electron chi connectivity index (χ1n) is 6.44. The van der Waals surface area contributed by atoms with Crippen LogP contribution in [-0.4, -0.2) is 55.7 Å². The van der Waals surface area contributed by atoms with Crippen molar-refractivity contribution in [2.75, 3.05) is 32.8 Å². The van der Waals surface area contributed by atoms with Crippen LogP contribution in [0.4, 0.5) is 0 Å². The van der Waals surface area contributed by atoms with Crippen molar-refractivity contribution < 1.29 is 9.53 Å². The van der Waals surface area contributed by atoms with Crippen LogP contribution >= 0.6 is 0 Å². The molecule has 2 rings (SSSR count). The maximum Gasteiger partial charge on any atom is 0.239 e. The van der Waals surface area contributed by atoms with Gasteiger partial charge in [0, 0.05) is 24.0 Å². The summed E-state index contributed by atoms with van der Waals surface area (Å²) >= 11 is 0. The Hall–Kier alpha value is -1.30. The predicted molar refractivity (Wildman–Crippen MR) is 66.0 cm³/mol. The molecule has 2 fully saturated rings.